The predicted octanol–water partition coefficient (Wildman–Crippen LogP) is -1.25. The van der Waals surface area contributed by atoms with Gasteiger partial charge in [0.15, 0.2) is 36.7 Å². The first-order chi connectivity index (χ1) is 11.4. The molecule has 5 atom stereocenters. The number of sulfone groups is 2. The van der Waals surface area contributed by atoms with E-state index in [0.717, 1.165) is 12.5 Å². The Hall–Kier alpha value is -0.340. The van der Waals surface area contributed by atoms with Crippen LogP contribution >= 0.6 is 0 Å². The highest BCUT2D eigenvalue weighted by molar-refractivity contribution is 7.92. The van der Waals surface area contributed by atoms with Gasteiger partial charge in [0.1, 0.15) is 18.3 Å². The van der Waals surface area contributed by atoms with Crippen LogP contribution in [0.25, 0.3) is 0 Å². The second-order valence-corrected chi connectivity index (χ2v) is 11.9. The normalized spacial score (nSPS) is 35.2. The summed E-state index contributed by atoms with van der Waals surface area (Å²) in [6.45, 7) is 5.61. The summed E-state index contributed by atoms with van der Waals surface area (Å²) in [7, 11) is -8.35. The van der Waals surface area contributed by atoms with Crippen LogP contribution in [0.2, 0.25) is 0 Å². The highest BCUT2D eigenvalue weighted by atomic mass is 32.2. The van der Waals surface area contributed by atoms with E-state index in [-0.39, 0.29) is 6.61 Å². The molecule has 0 aromatic rings. The fourth-order valence-corrected chi connectivity index (χ4v) is 4.97. The van der Waals surface area contributed by atoms with Crippen molar-refractivity contribution in [2.24, 2.45) is 0 Å². The van der Waals surface area contributed by atoms with Gasteiger partial charge < -0.3 is 29.2 Å². The molecule has 2 rings (SSSR count). The molecule has 2 fully saturated rings. The lowest BCUT2D eigenvalue weighted by Crippen LogP contribution is -2.63. The quantitative estimate of drug-likeness (QED) is 0.555. The van der Waals surface area contributed by atoms with Gasteiger partial charge in [0.05, 0.1) is 6.61 Å². The number of hydrogen-bond donors (Lipinski definition) is 2. The fraction of sp³-hybridized carbons (Fsp3) is 1.00. The molecule has 0 bridgehead atoms. The maximum atomic E-state index is 12.5. The first-order valence-corrected chi connectivity index (χ1v) is 11.7. The van der Waals surface area contributed by atoms with Gasteiger partial charge in [0.2, 0.25) is 4.93 Å². The maximum Gasteiger partial charge on any atom is 0.223 e. The molecule has 154 valence electrons. The maximum absolute atomic E-state index is 12.5. The summed E-state index contributed by atoms with van der Waals surface area (Å²) in [5.41, 5.74) is -2.11. The molecule has 0 amide bonds. The Labute approximate surface area is 153 Å². The van der Waals surface area contributed by atoms with E-state index in [4.69, 9.17) is 18.9 Å². The van der Waals surface area contributed by atoms with Crippen molar-refractivity contribution < 1.29 is 46.0 Å². The minimum absolute atomic E-state index is 0.279. The summed E-state index contributed by atoms with van der Waals surface area (Å²) < 4.78 is 70.5. The molecule has 12 heteroatoms. The van der Waals surface area contributed by atoms with Gasteiger partial charge in [-0.1, -0.05) is 0 Å². The topological polar surface area (TPSA) is 146 Å². The molecular weight excluding hydrogens is 392 g/mol. The fourth-order valence-electron chi connectivity index (χ4n) is 3.09. The third kappa shape index (κ3) is 3.92. The molecule has 0 spiro atoms. The highest BCUT2D eigenvalue weighted by Crippen LogP contribution is 2.43. The molecule has 0 saturated carbocycles. The molecule has 2 saturated heterocycles. The SMILES string of the molecule is CC1(C)OC[C@H]([C@](O)([C@H]2OC(C)(C)O[C@H]2C(O)S(C)(=O)=O)S(C)(=O)=O)O1. The van der Waals surface area contributed by atoms with Crippen LogP contribution < -0.4 is 0 Å². The summed E-state index contributed by atoms with van der Waals surface area (Å²) in [4.78, 5) is -2.72. The van der Waals surface area contributed by atoms with Crippen molar-refractivity contribution in [2.75, 3.05) is 19.1 Å². The summed E-state index contributed by atoms with van der Waals surface area (Å²) >= 11 is 0. The first-order valence-electron chi connectivity index (χ1n) is 7.87. The third-order valence-electron chi connectivity index (χ3n) is 4.32. The zero-order chi connectivity index (χ0) is 20.3. The van der Waals surface area contributed by atoms with E-state index >= 15 is 0 Å². The van der Waals surface area contributed by atoms with Crippen molar-refractivity contribution in [1.29, 1.82) is 0 Å². The van der Waals surface area contributed by atoms with Crippen LogP contribution in [0.3, 0.4) is 0 Å². The van der Waals surface area contributed by atoms with Crippen LogP contribution in [0.4, 0.5) is 0 Å². The smallest absolute Gasteiger partial charge is 0.223 e. The van der Waals surface area contributed by atoms with Crippen LogP contribution in [-0.4, -0.2) is 86.4 Å². The van der Waals surface area contributed by atoms with E-state index < -0.39 is 59.9 Å². The van der Waals surface area contributed by atoms with Gasteiger partial charge in [-0.15, -0.1) is 0 Å². The molecule has 0 aromatic heterocycles. The summed E-state index contributed by atoms with van der Waals surface area (Å²) in [6, 6.07) is 0. The van der Waals surface area contributed by atoms with E-state index in [9.17, 15) is 27.0 Å². The Bertz CT molecular complexity index is 757. The van der Waals surface area contributed by atoms with E-state index in [1.54, 1.807) is 0 Å². The lowest BCUT2D eigenvalue weighted by molar-refractivity contribution is -0.189. The third-order valence-corrected chi connectivity index (χ3v) is 7.15. The van der Waals surface area contributed by atoms with Crippen molar-refractivity contribution in [3.63, 3.8) is 0 Å². The number of ether oxygens (including phenoxy) is 4. The van der Waals surface area contributed by atoms with Gasteiger partial charge in [-0.3, -0.25) is 0 Å². The van der Waals surface area contributed by atoms with Gasteiger partial charge >= 0.3 is 0 Å². The van der Waals surface area contributed by atoms with E-state index in [1.165, 1.54) is 27.7 Å². The Morgan fingerprint density at radius 3 is 1.92 bits per heavy atom. The number of rotatable bonds is 5. The molecule has 26 heavy (non-hydrogen) atoms. The Morgan fingerprint density at radius 2 is 1.54 bits per heavy atom. The van der Waals surface area contributed by atoms with Crippen molar-refractivity contribution in [3.8, 4) is 0 Å². The molecule has 2 N–H and O–H groups in total. The zero-order valence-electron chi connectivity index (χ0n) is 15.5. The molecule has 10 nitrogen and oxygen atoms in total. The molecule has 2 aliphatic heterocycles. The lowest BCUT2D eigenvalue weighted by atomic mass is 10.0. The van der Waals surface area contributed by atoms with E-state index in [2.05, 4.69) is 0 Å². The van der Waals surface area contributed by atoms with E-state index in [1.807, 2.05) is 0 Å². The largest absolute Gasteiger partial charge is 0.375 e. The van der Waals surface area contributed by atoms with Crippen LogP contribution in [-0.2, 0) is 38.6 Å². The van der Waals surface area contributed by atoms with E-state index in [0.29, 0.717) is 0 Å². The summed E-state index contributed by atoms with van der Waals surface area (Å²) in [5.74, 6) is -2.61. The van der Waals surface area contributed by atoms with Crippen molar-refractivity contribution in [2.45, 2.75) is 68.0 Å². The predicted molar refractivity (Wildman–Crippen MR) is 89.4 cm³/mol. The van der Waals surface area contributed by atoms with Crippen LogP contribution in [0, 0.1) is 0 Å². The van der Waals surface area contributed by atoms with Gasteiger partial charge in [-0.25, -0.2) is 16.8 Å². The van der Waals surface area contributed by atoms with Crippen molar-refractivity contribution in [3.05, 3.63) is 0 Å². The lowest BCUT2D eigenvalue weighted by Gasteiger charge is -2.38. The second kappa shape index (κ2) is 6.34. The van der Waals surface area contributed by atoms with Crippen LogP contribution in [0.15, 0.2) is 0 Å². The van der Waals surface area contributed by atoms with Gasteiger partial charge in [-0.05, 0) is 27.7 Å². The second-order valence-electron chi connectivity index (χ2n) is 7.58. The minimum Gasteiger partial charge on any atom is -0.375 e. The molecule has 0 aliphatic carbocycles. The van der Waals surface area contributed by atoms with Gasteiger partial charge in [0, 0.05) is 12.5 Å². The van der Waals surface area contributed by atoms with Crippen LogP contribution in [0.1, 0.15) is 27.7 Å². The molecule has 0 aromatic carbocycles. The molecule has 2 aliphatic rings. The average molecular weight is 418 g/mol. The summed E-state index contributed by atoms with van der Waals surface area (Å²) in [6.07, 6.45) is -3.25. The molecule has 1 unspecified atom stereocenters. The monoisotopic (exact) mass is 418 g/mol. The van der Waals surface area contributed by atoms with Gasteiger partial charge in [-0.2, -0.15) is 0 Å². The molecule has 2 heterocycles. The molecule has 0 radical (unpaired) electrons. The Kier molecular flexibility index (Phi) is 5.35. The standard InChI is InChI=1S/C14H26O10S2/c1-12(2)21-7-8(22-12)14(16,26(6,19)20)10-9(11(15)25(5,17)18)23-13(3,4)24-10/h8-11,15-16H,7H2,1-6H3/t8-,9-,10+,11?,14-/m1/s1. The van der Waals surface area contributed by atoms with Gasteiger partial charge in [0.25, 0.3) is 0 Å². The summed E-state index contributed by atoms with van der Waals surface area (Å²) in [5, 5.41) is 21.4. The number of aliphatic hydroxyl groups is 2. The zero-order valence-corrected chi connectivity index (χ0v) is 17.1. The Balaban J connectivity index is 2.56. The van der Waals surface area contributed by atoms with Crippen LogP contribution in [0.5, 0.6) is 0 Å². The first kappa shape index (κ1) is 22.0. The van der Waals surface area contributed by atoms with Crippen molar-refractivity contribution >= 4 is 19.7 Å². The average Bonchev–Trinajstić information content (AvgIpc) is 2.94. The number of aliphatic hydroxyl groups excluding tert-OH is 1. The number of hydrogen-bond acceptors (Lipinski definition) is 10. The van der Waals surface area contributed by atoms with Crippen molar-refractivity contribution in [1.82, 2.24) is 0 Å². The minimum atomic E-state index is -4.30. The molecular formula is C14H26O10S2. The highest BCUT2D eigenvalue weighted by Gasteiger charge is 2.65. The Morgan fingerprint density at radius 1 is 1.00 bits per heavy atom.